The van der Waals surface area contributed by atoms with Gasteiger partial charge in [0.15, 0.2) is 0 Å². The molecule has 0 aliphatic rings. The van der Waals surface area contributed by atoms with Crippen molar-refractivity contribution in [2.24, 2.45) is 4.99 Å². The van der Waals surface area contributed by atoms with E-state index in [0.29, 0.717) is 5.69 Å². The zero-order valence-corrected chi connectivity index (χ0v) is 8.90. The first kappa shape index (κ1) is 12.5. The molecule has 1 aromatic rings. The molecule has 1 heterocycles. The first-order valence-electron chi connectivity index (χ1n) is 4.44. The molecule has 0 aliphatic carbocycles. The number of nitrogens with zero attached hydrogens (tertiary/aromatic N) is 2. The predicted molar refractivity (Wildman–Crippen MR) is 62.0 cm³/mol. The van der Waals surface area contributed by atoms with Gasteiger partial charge in [-0.25, -0.2) is 0 Å². The molecule has 0 bridgehead atoms. The fourth-order valence-electron chi connectivity index (χ4n) is 0.991. The van der Waals surface area contributed by atoms with Gasteiger partial charge >= 0.3 is 95.5 Å². The topological polar surface area (TPSA) is 116 Å². The molecule has 0 fully saturated rings. The first-order valence-corrected chi connectivity index (χ1v) is 4.44. The Labute approximate surface area is 96.2 Å². The average molecular weight is 233 g/mol. The molecule has 8 nitrogen and oxygen atoms in total. The van der Waals surface area contributed by atoms with Crippen LogP contribution in [0, 0.1) is 6.92 Å². The van der Waals surface area contributed by atoms with Gasteiger partial charge in [0.05, 0.1) is 0 Å². The van der Waals surface area contributed by atoms with Crippen molar-refractivity contribution in [3.8, 4) is 0 Å². The van der Waals surface area contributed by atoms with Crippen molar-refractivity contribution in [2.45, 2.75) is 6.92 Å². The number of isocyanates is 1. The van der Waals surface area contributed by atoms with E-state index in [0.717, 1.165) is 0 Å². The SMILES string of the molecule is B=C(N=C=O)NC(=O)Nc1nc(=O)cc(C)[nH]1. The summed E-state index contributed by atoms with van der Waals surface area (Å²) in [5.74, 6) is -0.0182. The van der Waals surface area contributed by atoms with E-state index in [4.69, 9.17) is 0 Å². The van der Waals surface area contributed by atoms with Crippen LogP contribution in [-0.4, -0.2) is 35.3 Å². The molecule has 86 valence electrons. The number of rotatable bonds is 3. The molecule has 2 amide bonds. The molecule has 0 radical (unpaired) electrons. The fraction of sp³-hybridized carbons (Fsp3) is 0.125. The number of H-pyrrole nitrogens is 1. The van der Waals surface area contributed by atoms with E-state index in [-0.39, 0.29) is 11.7 Å². The Kier molecular flexibility index (Phi) is 4.07. The summed E-state index contributed by atoms with van der Waals surface area (Å²) in [6.07, 6.45) is 1.21. The van der Waals surface area contributed by atoms with Crippen LogP contribution in [0.15, 0.2) is 15.9 Å². The Morgan fingerprint density at radius 1 is 1.65 bits per heavy atom. The van der Waals surface area contributed by atoms with E-state index in [1.807, 2.05) is 0 Å². The third-order valence-corrected chi connectivity index (χ3v) is 1.55. The van der Waals surface area contributed by atoms with Crippen molar-refractivity contribution in [1.29, 1.82) is 0 Å². The Morgan fingerprint density at radius 3 is 2.94 bits per heavy atom. The van der Waals surface area contributed by atoms with Gasteiger partial charge < -0.3 is 0 Å². The molecule has 0 atom stereocenters. The third kappa shape index (κ3) is 4.23. The van der Waals surface area contributed by atoms with E-state index in [2.05, 4.69) is 33.1 Å². The van der Waals surface area contributed by atoms with Gasteiger partial charge in [-0.15, -0.1) is 0 Å². The fourth-order valence-corrected chi connectivity index (χ4v) is 0.991. The Balaban J connectivity index is 2.71. The Morgan fingerprint density at radius 2 is 2.35 bits per heavy atom. The van der Waals surface area contributed by atoms with E-state index in [1.165, 1.54) is 12.1 Å². The normalized spacial score (nSPS) is 8.94. The number of nitrogens with one attached hydrogen (secondary N) is 3. The van der Waals surface area contributed by atoms with Gasteiger partial charge in [-0.1, -0.05) is 0 Å². The van der Waals surface area contributed by atoms with Crippen LogP contribution in [0.5, 0.6) is 0 Å². The number of aromatic nitrogens is 2. The zero-order valence-electron chi connectivity index (χ0n) is 8.90. The van der Waals surface area contributed by atoms with E-state index >= 15 is 0 Å². The van der Waals surface area contributed by atoms with E-state index in [9.17, 15) is 14.4 Å². The van der Waals surface area contributed by atoms with Crippen LogP contribution in [0.25, 0.3) is 0 Å². The summed E-state index contributed by atoms with van der Waals surface area (Å²) in [6, 6.07) is 0.543. The van der Waals surface area contributed by atoms with Gasteiger partial charge in [-0.2, -0.15) is 0 Å². The van der Waals surface area contributed by atoms with Gasteiger partial charge in [0.25, 0.3) is 0 Å². The number of hydrogen-bond acceptors (Lipinski definition) is 5. The number of urea groups is 1. The van der Waals surface area contributed by atoms with Gasteiger partial charge in [-0.3, -0.25) is 0 Å². The number of amides is 2. The molecular formula is C8H8BN5O3. The minimum atomic E-state index is -0.734. The van der Waals surface area contributed by atoms with Crippen LogP contribution < -0.4 is 16.2 Å². The molecular weight excluding hydrogens is 225 g/mol. The van der Waals surface area contributed by atoms with Crippen LogP contribution in [-0.2, 0) is 4.79 Å². The van der Waals surface area contributed by atoms with Crippen molar-refractivity contribution in [3.63, 3.8) is 0 Å². The number of aryl methyl sites for hydroxylation is 1. The molecule has 0 saturated heterocycles. The quantitative estimate of drug-likeness (QED) is 0.335. The second kappa shape index (κ2) is 5.52. The molecule has 1 aromatic heterocycles. The Hall–Kier alpha value is -2.54. The van der Waals surface area contributed by atoms with Crippen LogP contribution in [0.3, 0.4) is 0 Å². The van der Waals surface area contributed by atoms with E-state index < -0.39 is 11.6 Å². The van der Waals surface area contributed by atoms with Crippen LogP contribution in [0.4, 0.5) is 10.7 Å². The molecule has 0 aliphatic heterocycles. The number of aromatic amines is 1. The number of anilines is 1. The van der Waals surface area contributed by atoms with Crippen LogP contribution >= 0.6 is 0 Å². The number of aliphatic imine (C=N–C) groups is 1. The summed E-state index contributed by atoms with van der Waals surface area (Å²) in [4.78, 5) is 41.4. The predicted octanol–water partition coefficient (Wildman–Crippen LogP) is -1.48. The Bertz CT molecular complexity index is 561. The van der Waals surface area contributed by atoms with Crippen molar-refractivity contribution in [1.82, 2.24) is 15.3 Å². The summed E-state index contributed by atoms with van der Waals surface area (Å²) in [6.45, 7) is 1.64. The van der Waals surface area contributed by atoms with Crippen molar-refractivity contribution in [3.05, 3.63) is 22.1 Å². The summed E-state index contributed by atoms with van der Waals surface area (Å²) in [7, 11) is 3.27. The second-order valence-electron chi connectivity index (χ2n) is 2.98. The van der Waals surface area contributed by atoms with Gasteiger partial charge in [-0.05, 0) is 0 Å². The van der Waals surface area contributed by atoms with Crippen molar-refractivity contribution in [2.75, 3.05) is 5.32 Å². The van der Waals surface area contributed by atoms with Gasteiger partial charge in [0.2, 0.25) is 0 Å². The summed E-state index contributed by atoms with van der Waals surface area (Å²) >= 11 is 0. The van der Waals surface area contributed by atoms with Gasteiger partial charge in [0.1, 0.15) is 0 Å². The van der Waals surface area contributed by atoms with Crippen molar-refractivity contribution >= 4 is 31.3 Å². The average Bonchev–Trinajstić information content (AvgIpc) is 2.14. The van der Waals surface area contributed by atoms with Crippen molar-refractivity contribution < 1.29 is 9.59 Å². The minimum absolute atomic E-state index is 0.0182. The molecule has 9 heteroatoms. The second-order valence-corrected chi connectivity index (χ2v) is 2.98. The summed E-state index contributed by atoms with van der Waals surface area (Å²) in [5, 5.41) is 4.38. The summed E-state index contributed by atoms with van der Waals surface area (Å²) in [5.41, 5.74) is -0.112. The maximum absolute atomic E-state index is 11.3. The first-order chi connectivity index (χ1) is 8.01. The number of carbonyl (C=O) groups is 1. The van der Waals surface area contributed by atoms with E-state index in [1.54, 1.807) is 6.92 Å². The molecule has 0 spiro atoms. The number of hydrogen-bond donors (Lipinski definition) is 3. The molecule has 0 saturated carbocycles. The molecule has 17 heavy (non-hydrogen) atoms. The third-order valence-electron chi connectivity index (χ3n) is 1.55. The molecule has 0 aromatic carbocycles. The summed E-state index contributed by atoms with van der Waals surface area (Å²) < 4.78 is 0. The molecule has 0 unspecified atom stereocenters. The maximum atomic E-state index is 11.3. The van der Waals surface area contributed by atoms with Crippen LogP contribution in [0.2, 0.25) is 0 Å². The van der Waals surface area contributed by atoms with Gasteiger partial charge in [0, 0.05) is 0 Å². The monoisotopic (exact) mass is 233 g/mol. The zero-order chi connectivity index (χ0) is 12.8. The number of carbonyl (C=O) groups excluding carboxylic acids is 2. The molecule has 1 rings (SSSR count). The standard InChI is InChI=1S/C8H8BN5O3/c1-4-2-5(16)12-7(11-4)14-8(17)13-6(9)10-3-15/h2,9H,1H3,(H3,11,12,13,14,16,17). The van der Waals surface area contributed by atoms with Crippen LogP contribution in [0.1, 0.15) is 5.69 Å². The molecule has 3 N–H and O–H groups in total.